The number of amides is 1. The van der Waals surface area contributed by atoms with Crippen LogP contribution in [0.1, 0.15) is 19.6 Å². The van der Waals surface area contributed by atoms with Crippen molar-refractivity contribution in [1.29, 1.82) is 5.26 Å². The van der Waals surface area contributed by atoms with Gasteiger partial charge in [-0.3, -0.25) is 4.79 Å². The lowest BCUT2D eigenvalue weighted by atomic mass is 10.2. The van der Waals surface area contributed by atoms with Gasteiger partial charge in [0.15, 0.2) is 0 Å². The van der Waals surface area contributed by atoms with E-state index in [0.29, 0.717) is 27.1 Å². The summed E-state index contributed by atoms with van der Waals surface area (Å²) in [7, 11) is 0. The Morgan fingerprint density at radius 3 is 2.65 bits per heavy atom. The predicted octanol–water partition coefficient (Wildman–Crippen LogP) is 4.68. The minimum Gasteiger partial charge on any atom is -0.457 e. The highest BCUT2D eigenvalue weighted by Crippen LogP contribution is 2.31. The first kappa shape index (κ1) is 17.1. The Kier molecular flexibility index (Phi) is 5.49. The van der Waals surface area contributed by atoms with Gasteiger partial charge in [0.1, 0.15) is 23.2 Å². The number of hydrogen-bond acceptors (Lipinski definition) is 3. The first-order valence-electron chi connectivity index (χ1n) is 6.88. The van der Waals surface area contributed by atoms with E-state index < -0.39 is 5.91 Å². The van der Waals surface area contributed by atoms with Crippen LogP contribution in [0.2, 0.25) is 10.0 Å². The highest BCUT2D eigenvalue weighted by Gasteiger charge is 2.13. The standard InChI is InChI=1S/C17H14Cl2N2O2/c1-10(2)21-17(22)11(9-20)7-13-4-6-16(23-13)14-5-3-12(18)8-15(14)19/h3-8,10H,1-2H3,(H,21,22). The Hall–Kier alpha value is -2.22. The molecule has 0 bridgehead atoms. The molecule has 0 saturated carbocycles. The molecule has 0 aliphatic carbocycles. The van der Waals surface area contributed by atoms with Crippen LogP contribution in [0.5, 0.6) is 0 Å². The van der Waals surface area contributed by atoms with E-state index in [1.165, 1.54) is 6.08 Å². The Balaban J connectivity index is 2.29. The Labute approximate surface area is 144 Å². The largest absolute Gasteiger partial charge is 0.457 e. The summed E-state index contributed by atoms with van der Waals surface area (Å²) < 4.78 is 5.64. The van der Waals surface area contributed by atoms with Gasteiger partial charge in [-0.05, 0) is 44.2 Å². The molecule has 1 amide bonds. The number of carbonyl (C=O) groups is 1. The van der Waals surface area contributed by atoms with E-state index in [4.69, 9.17) is 32.9 Å². The van der Waals surface area contributed by atoms with Crippen LogP contribution in [0.25, 0.3) is 17.4 Å². The summed E-state index contributed by atoms with van der Waals surface area (Å²) in [6.07, 6.45) is 1.39. The van der Waals surface area contributed by atoms with Crippen molar-refractivity contribution in [3.8, 4) is 17.4 Å². The molecule has 1 heterocycles. The second-order valence-corrected chi connectivity index (χ2v) is 5.97. The third-order valence-electron chi connectivity index (χ3n) is 2.89. The molecule has 0 aliphatic heterocycles. The summed E-state index contributed by atoms with van der Waals surface area (Å²) >= 11 is 12.0. The minimum atomic E-state index is -0.440. The summed E-state index contributed by atoms with van der Waals surface area (Å²) in [5.74, 6) is 0.478. The summed E-state index contributed by atoms with van der Waals surface area (Å²) in [4.78, 5) is 11.9. The smallest absolute Gasteiger partial charge is 0.262 e. The summed E-state index contributed by atoms with van der Waals surface area (Å²) in [5, 5.41) is 12.8. The van der Waals surface area contributed by atoms with E-state index in [1.54, 1.807) is 30.3 Å². The van der Waals surface area contributed by atoms with Crippen LogP contribution >= 0.6 is 23.2 Å². The molecule has 0 aliphatic rings. The molecule has 1 aromatic carbocycles. The molecule has 6 heteroatoms. The second kappa shape index (κ2) is 7.36. The maximum atomic E-state index is 11.9. The van der Waals surface area contributed by atoms with Gasteiger partial charge in [0.25, 0.3) is 5.91 Å². The third-order valence-corrected chi connectivity index (χ3v) is 3.44. The van der Waals surface area contributed by atoms with E-state index in [2.05, 4.69) is 5.32 Å². The van der Waals surface area contributed by atoms with Crippen molar-refractivity contribution >= 4 is 35.2 Å². The molecule has 0 spiro atoms. The summed E-state index contributed by atoms with van der Waals surface area (Å²) in [6.45, 7) is 3.64. The van der Waals surface area contributed by atoms with Crippen molar-refractivity contribution in [2.75, 3.05) is 0 Å². The molecule has 0 radical (unpaired) electrons. The number of furan rings is 1. The fourth-order valence-corrected chi connectivity index (χ4v) is 2.40. The van der Waals surface area contributed by atoms with Gasteiger partial charge in [-0.1, -0.05) is 23.2 Å². The zero-order valence-electron chi connectivity index (χ0n) is 12.6. The van der Waals surface area contributed by atoms with Crippen molar-refractivity contribution in [3.05, 3.63) is 51.7 Å². The van der Waals surface area contributed by atoms with Gasteiger partial charge in [0.2, 0.25) is 0 Å². The van der Waals surface area contributed by atoms with Crippen LogP contribution in [0.15, 0.2) is 40.3 Å². The molecule has 4 nitrogen and oxygen atoms in total. The SMILES string of the molecule is CC(C)NC(=O)C(C#N)=Cc1ccc(-c2ccc(Cl)cc2Cl)o1. The highest BCUT2D eigenvalue weighted by molar-refractivity contribution is 6.36. The molecule has 2 rings (SSSR count). The van der Waals surface area contributed by atoms with Gasteiger partial charge in [-0.15, -0.1) is 0 Å². The van der Waals surface area contributed by atoms with E-state index >= 15 is 0 Å². The fourth-order valence-electron chi connectivity index (χ4n) is 1.90. The van der Waals surface area contributed by atoms with Crippen LogP contribution in [-0.4, -0.2) is 11.9 Å². The summed E-state index contributed by atoms with van der Waals surface area (Å²) in [5.41, 5.74) is 0.655. The van der Waals surface area contributed by atoms with Gasteiger partial charge in [0, 0.05) is 22.7 Å². The molecule has 1 N–H and O–H groups in total. The summed E-state index contributed by atoms with van der Waals surface area (Å²) in [6, 6.07) is 10.3. The Morgan fingerprint density at radius 2 is 2.04 bits per heavy atom. The monoisotopic (exact) mass is 348 g/mol. The molecule has 0 saturated heterocycles. The lowest BCUT2D eigenvalue weighted by Crippen LogP contribution is -2.30. The second-order valence-electron chi connectivity index (χ2n) is 5.12. The van der Waals surface area contributed by atoms with E-state index in [0.717, 1.165) is 0 Å². The number of halogens is 2. The molecular formula is C17H14Cl2N2O2. The minimum absolute atomic E-state index is 0.0261. The van der Waals surface area contributed by atoms with Crippen molar-refractivity contribution in [3.63, 3.8) is 0 Å². The zero-order valence-corrected chi connectivity index (χ0v) is 14.1. The van der Waals surface area contributed by atoms with Crippen LogP contribution < -0.4 is 5.32 Å². The number of nitrogens with one attached hydrogen (secondary N) is 1. The first-order valence-corrected chi connectivity index (χ1v) is 7.64. The van der Waals surface area contributed by atoms with Gasteiger partial charge in [-0.25, -0.2) is 0 Å². The van der Waals surface area contributed by atoms with Crippen molar-refractivity contribution in [2.24, 2.45) is 0 Å². The number of benzene rings is 1. The van der Waals surface area contributed by atoms with Crippen molar-refractivity contribution in [2.45, 2.75) is 19.9 Å². The molecule has 0 atom stereocenters. The van der Waals surface area contributed by atoms with Crippen molar-refractivity contribution < 1.29 is 9.21 Å². The van der Waals surface area contributed by atoms with Gasteiger partial charge in [0.05, 0.1) is 5.02 Å². The molecule has 0 unspecified atom stereocenters. The van der Waals surface area contributed by atoms with Crippen LogP contribution in [0, 0.1) is 11.3 Å². The number of hydrogen-bond donors (Lipinski definition) is 1. The van der Waals surface area contributed by atoms with E-state index in [9.17, 15) is 4.79 Å². The van der Waals surface area contributed by atoms with Crippen LogP contribution in [0.3, 0.4) is 0 Å². The van der Waals surface area contributed by atoms with Gasteiger partial charge >= 0.3 is 0 Å². The van der Waals surface area contributed by atoms with Crippen molar-refractivity contribution in [1.82, 2.24) is 5.32 Å². The average molecular weight is 349 g/mol. The zero-order chi connectivity index (χ0) is 17.0. The molecule has 2 aromatic rings. The van der Waals surface area contributed by atoms with Crippen LogP contribution in [-0.2, 0) is 4.79 Å². The lowest BCUT2D eigenvalue weighted by molar-refractivity contribution is -0.117. The van der Waals surface area contributed by atoms with E-state index in [-0.39, 0.29) is 11.6 Å². The Bertz CT molecular complexity index is 801. The predicted molar refractivity (Wildman–Crippen MR) is 91.0 cm³/mol. The maximum Gasteiger partial charge on any atom is 0.262 e. The molecule has 23 heavy (non-hydrogen) atoms. The molecular weight excluding hydrogens is 335 g/mol. The average Bonchev–Trinajstić information content (AvgIpc) is 2.92. The van der Waals surface area contributed by atoms with E-state index in [1.807, 2.05) is 19.9 Å². The molecule has 118 valence electrons. The molecule has 0 fully saturated rings. The normalized spacial score (nSPS) is 11.4. The molecule has 1 aromatic heterocycles. The number of carbonyl (C=O) groups excluding carboxylic acids is 1. The van der Waals surface area contributed by atoms with Gasteiger partial charge in [-0.2, -0.15) is 5.26 Å². The topological polar surface area (TPSA) is 66.0 Å². The maximum absolute atomic E-state index is 11.9. The number of nitriles is 1. The lowest BCUT2D eigenvalue weighted by Gasteiger charge is -2.06. The third kappa shape index (κ3) is 4.38. The fraction of sp³-hybridized carbons (Fsp3) is 0.176. The van der Waals surface area contributed by atoms with Crippen LogP contribution in [0.4, 0.5) is 0 Å². The number of nitrogens with zero attached hydrogens (tertiary/aromatic N) is 1. The van der Waals surface area contributed by atoms with Gasteiger partial charge < -0.3 is 9.73 Å². The number of rotatable bonds is 4. The Morgan fingerprint density at radius 1 is 1.30 bits per heavy atom. The highest BCUT2D eigenvalue weighted by atomic mass is 35.5. The first-order chi connectivity index (χ1) is 10.9. The quantitative estimate of drug-likeness (QED) is 0.643.